The van der Waals surface area contributed by atoms with Gasteiger partial charge in [-0.15, -0.1) is 10.2 Å². The first-order chi connectivity index (χ1) is 22.4. The normalized spacial score (nSPS) is 15.8. The number of ether oxygens (including phenoxy) is 2. The lowest BCUT2D eigenvalue weighted by Gasteiger charge is -2.23. The second-order valence-electron chi connectivity index (χ2n) is 10.6. The Kier molecular flexibility index (Phi) is 9.18. The molecule has 0 spiro atoms. The summed E-state index contributed by atoms with van der Waals surface area (Å²) in [5.41, 5.74) is 3.07. The molecule has 0 saturated carbocycles. The molecule has 1 fully saturated rings. The second kappa shape index (κ2) is 13.6. The number of carbonyl (C=O) groups is 2. The molecular formula is C36H31N3O5S2. The molecule has 5 aromatic rings. The molecule has 1 atom stereocenters. The Hall–Kier alpha value is -4.93. The molecule has 1 N–H and O–H groups in total. The first-order valence-electron chi connectivity index (χ1n) is 14.7. The van der Waals surface area contributed by atoms with Crippen molar-refractivity contribution < 1.29 is 24.2 Å². The fourth-order valence-electron chi connectivity index (χ4n) is 5.36. The number of aliphatic hydroxyl groups excluding tert-OH is 1. The van der Waals surface area contributed by atoms with Gasteiger partial charge >= 0.3 is 5.91 Å². The highest BCUT2D eigenvalue weighted by molar-refractivity contribution is 8.00. The third-order valence-electron chi connectivity index (χ3n) is 7.54. The van der Waals surface area contributed by atoms with Crippen LogP contribution in [0.3, 0.4) is 0 Å². The molecule has 1 aliphatic rings. The number of aryl methyl sites for hydroxylation is 1. The van der Waals surface area contributed by atoms with Crippen molar-refractivity contribution in [3.63, 3.8) is 0 Å². The highest BCUT2D eigenvalue weighted by Crippen LogP contribution is 2.46. The van der Waals surface area contributed by atoms with E-state index in [1.165, 1.54) is 28.0 Å². The van der Waals surface area contributed by atoms with Crippen LogP contribution in [0.4, 0.5) is 5.13 Å². The maximum Gasteiger partial charge on any atom is 0.301 e. The van der Waals surface area contributed by atoms with E-state index in [2.05, 4.69) is 41.0 Å². The Balaban J connectivity index is 1.40. The van der Waals surface area contributed by atoms with Crippen molar-refractivity contribution in [3.8, 4) is 11.5 Å². The number of hydrogen-bond donors (Lipinski definition) is 1. The number of ketones is 1. The van der Waals surface area contributed by atoms with E-state index in [9.17, 15) is 14.7 Å². The van der Waals surface area contributed by atoms with Gasteiger partial charge in [0.1, 0.15) is 12.4 Å². The number of Topliss-reactive ketones (excluding diaryl/α,β-unsaturated/α-hetero) is 1. The number of aromatic nitrogens is 2. The van der Waals surface area contributed by atoms with Gasteiger partial charge in [0.15, 0.2) is 15.8 Å². The third-order valence-corrected chi connectivity index (χ3v) is 9.65. The lowest BCUT2D eigenvalue weighted by Crippen LogP contribution is -2.29. The minimum absolute atomic E-state index is 0.0452. The molecule has 46 heavy (non-hydrogen) atoms. The number of aliphatic hydroxyl groups is 1. The van der Waals surface area contributed by atoms with E-state index in [-0.39, 0.29) is 23.1 Å². The number of hydrogen-bond acceptors (Lipinski definition) is 9. The molecule has 1 amide bonds. The Morgan fingerprint density at radius 2 is 1.78 bits per heavy atom. The lowest BCUT2D eigenvalue weighted by atomic mass is 9.95. The Bertz CT molecular complexity index is 1960. The van der Waals surface area contributed by atoms with Crippen LogP contribution in [0, 0.1) is 6.92 Å². The van der Waals surface area contributed by atoms with E-state index in [0.29, 0.717) is 39.3 Å². The topological polar surface area (TPSA) is 102 Å². The van der Waals surface area contributed by atoms with Gasteiger partial charge in [-0.1, -0.05) is 114 Å². The first kappa shape index (κ1) is 31.1. The summed E-state index contributed by atoms with van der Waals surface area (Å²) < 4.78 is 12.3. The molecular weight excluding hydrogens is 619 g/mol. The summed E-state index contributed by atoms with van der Waals surface area (Å²) in [4.78, 5) is 28.7. The van der Waals surface area contributed by atoms with E-state index in [1.54, 1.807) is 36.4 Å². The van der Waals surface area contributed by atoms with Crippen molar-refractivity contribution in [2.24, 2.45) is 0 Å². The van der Waals surface area contributed by atoms with Gasteiger partial charge < -0.3 is 14.6 Å². The van der Waals surface area contributed by atoms with Gasteiger partial charge in [-0.05, 0) is 47.9 Å². The number of benzene rings is 4. The van der Waals surface area contributed by atoms with Gasteiger partial charge in [0.25, 0.3) is 5.78 Å². The van der Waals surface area contributed by atoms with Crippen LogP contribution in [0.25, 0.3) is 16.5 Å². The zero-order valence-electron chi connectivity index (χ0n) is 25.3. The van der Waals surface area contributed by atoms with Crippen molar-refractivity contribution in [3.05, 3.63) is 125 Å². The number of thioether (sulfide) groups is 1. The van der Waals surface area contributed by atoms with Crippen molar-refractivity contribution in [2.45, 2.75) is 30.0 Å². The molecule has 1 unspecified atom stereocenters. The smallest absolute Gasteiger partial charge is 0.301 e. The molecule has 4 aromatic carbocycles. The van der Waals surface area contributed by atoms with Gasteiger partial charge in [-0.2, -0.15) is 0 Å². The van der Waals surface area contributed by atoms with Crippen LogP contribution in [-0.4, -0.2) is 40.2 Å². The molecule has 232 valence electrons. The Morgan fingerprint density at radius 1 is 1.00 bits per heavy atom. The molecule has 8 nitrogen and oxygen atoms in total. The minimum Gasteiger partial charge on any atom is -0.507 e. The van der Waals surface area contributed by atoms with E-state index in [0.717, 1.165) is 21.9 Å². The molecule has 10 heteroatoms. The molecule has 2 heterocycles. The molecule has 1 aliphatic heterocycles. The van der Waals surface area contributed by atoms with Gasteiger partial charge in [0.05, 0.1) is 18.2 Å². The fraction of sp³-hybridized carbons (Fsp3) is 0.167. The van der Waals surface area contributed by atoms with E-state index in [4.69, 9.17) is 9.47 Å². The van der Waals surface area contributed by atoms with Crippen LogP contribution in [0.1, 0.15) is 35.2 Å². The number of anilines is 1. The molecule has 1 aromatic heterocycles. The van der Waals surface area contributed by atoms with Gasteiger partial charge in [0, 0.05) is 11.3 Å². The largest absolute Gasteiger partial charge is 0.507 e. The number of nitrogens with zero attached hydrogens (tertiary/aromatic N) is 3. The van der Waals surface area contributed by atoms with Gasteiger partial charge in [-0.25, -0.2) is 0 Å². The first-order valence-corrected chi connectivity index (χ1v) is 16.5. The zero-order valence-corrected chi connectivity index (χ0v) is 26.9. The van der Waals surface area contributed by atoms with Crippen LogP contribution in [0.5, 0.6) is 11.5 Å². The molecule has 0 aliphatic carbocycles. The number of rotatable bonds is 11. The van der Waals surface area contributed by atoms with Crippen molar-refractivity contribution in [1.29, 1.82) is 0 Å². The molecule has 0 radical (unpaired) electrons. The van der Waals surface area contributed by atoms with Crippen molar-refractivity contribution >= 4 is 56.5 Å². The lowest BCUT2D eigenvalue weighted by molar-refractivity contribution is -0.132. The van der Waals surface area contributed by atoms with E-state index in [1.807, 2.05) is 44.2 Å². The highest BCUT2D eigenvalue weighted by Gasteiger charge is 2.48. The second-order valence-corrected chi connectivity index (χ2v) is 12.7. The zero-order chi connectivity index (χ0) is 32.2. The standard InChI is InChI=1S/C36H31N3O5S2/c1-4-19-44-28-18-17-25(20-29(28)43-5-2)31-30(32(40)24-15-13-22(3)14-16-24)33(41)34(42)39(31)35-37-38-36(46-35)45-21-26-11-8-10-23-9-6-7-12-27(23)26/h4,6-18,20,31,40H,1,5,19,21H2,2-3H3/b32-30+. The van der Waals surface area contributed by atoms with E-state index < -0.39 is 17.7 Å². The van der Waals surface area contributed by atoms with Crippen molar-refractivity contribution in [2.75, 3.05) is 18.1 Å². The monoisotopic (exact) mass is 649 g/mol. The van der Waals surface area contributed by atoms with E-state index >= 15 is 0 Å². The number of fused-ring (bicyclic) bond motifs is 1. The average Bonchev–Trinajstić information content (AvgIpc) is 3.64. The predicted octanol–water partition coefficient (Wildman–Crippen LogP) is 7.88. The maximum atomic E-state index is 13.7. The van der Waals surface area contributed by atoms with Gasteiger partial charge in [-0.3, -0.25) is 14.5 Å². The molecule has 1 saturated heterocycles. The maximum absolute atomic E-state index is 13.7. The Morgan fingerprint density at radius 3 is 2.57 bits per heavy atom. The Labute approximate surface area is 275 Å². The molecule has 6 rings (SSSR count). The van der Waals surface area contributed by atoms with Crippen LogP contribution < -0.4 is 14.4 Å². The predicted molar refractivity (Wildman–Crippen MR) is 183 cm³/mol. The average molecular weight is 650 g/mol. The minimum atomic E-state index is -0.988. The summed E-state index contributed by atoms with van der Waals surface area (Å²) in [6.07, 6.45) is 1.63. The fourth-order valence-corrected chi connectivity index (χ4v) is 7.23. The summed E-state index contributed by atoms with van der Waals surface area (Å²) in [5, 5.41) is 22.8. The highest BCUT2D eigenvalue weighted by atomic mass is 32.2. The summed E-state index contributed by atoms with van der Waals surface area (Å²) in [7, 11) is 0. The van der Waals surface area contributed by atoms with Crippen LogP contribution in [0.2, 0.25) is 0 Å². The number of amides is 1. The quantitative estimate of drug-likeness (QED) is 0.0385. The van der Waals surface area contributed by atoms with Crippen LogP contribution in [-0.2, 0) is 15.3 Å². The van der Waals surface area contributed by atoms with Crippen molar-refractivity contribution in [1.82, 2.24) is 10.2 Å². The SMILES string of the molecule is C=CCOc1ccc(C2/C(=C(\O)c3ccc(C)cc3)C(=O)C(=O)N2c2nnc(SCc3cccc4ccccc34)s2)cc1OCC. The summed E-state index contributed by atoms with van der Waals surface area (Å²) in [6, 6.07) is 25.7. The van der Waals surface area contributed by atoms with Crippen LogP contribution in [0.15, 0.2) is 107 Å². The number of carbonyl (C=O) groups excluding carboxylic acids is 2. The summed E-state index contributed by atoms with van der Waals surface area (Å²) >= 11 is 2.73. The third kappa shape index (κ3) is 6.14. The summed E-state index contributed by atoms with van der Waals surface area (Å²) in [5.74, 6) is -0.310. The molecule has 0 bridgehead atoms. The van der Waals surface area contributed by atoms with Gasteiger partial charge in [0.2, 0.25) is 5.13 Å². The summed E-state index contributed by atoms with van der Waals surface area (Å²) in [6.45, 7) is 8.13. The van der Waals surface area contributed by atoms with Crippen LogP contribution >= 0.6 is 23.1 Å².